The first-order valence-electron chi connectivity index (χ1n) is 7.10. The van der Waals surface area contributed by atoms with Crippen LogP contribution in [0.25, 0.3) is 0 Å². The molecule has 0 aliphatic carbocycles. The molecule has 0 radical (unpaired) electrons. The minimum atomic E-state index is -0.501. The number of likely N-dealkylation sites (tertiary alicyclic amines) is 1. The molecule has 0 spiro atoms. The molecule has 2 rings (SSSR count). The highest BCUT2D eigenvalue weighted by atomic mass is 16.3. The average molecular weight is 251 g/mol. The standard InChI is InChI=1S/C14H25N3O/c1-3-14(18,4-2)12-16-10-6-13(7-11-16)17-9-5-8-15-17/h5,8-9,13,18H,3-4,6-7,10-12H2,1-2H3. The Morgan fingerprint density at radius 3 is 2.44 bits per heavy atom. The Bertz CT molecular complexity index is 338. The molecule has 0 bridgehead atoms. The minimum absolute atomic E-state index is 0.501. The highest BCUT2D eigenvalue weighted by Gasteiger charge is 2.28. The van der Waals surface area contributed by atoms with E-state index >= 15 is 0 Å². The number of hydrogen-bond acceptors (Lipinski definition) is 3. The molecule has 1 fully saturated rings. The summed E-state index contributed by atoms with van der Waals surface area (Å²) < 4.78 is 2.07. The van der Waals surface area contributed by atoms with E-state index in [-0.39, 0.29) is 0 Å². The van der Waals surface area contributed by atoms with Gasteiger partial charge in [-0.25, -0.2) is 0 Å². The molecule has 1 aliphatic rings. The monoisotopic (exact) mass is 251 g/mol. The fourth-order valence-corrected chi connectivity index (χ4v) is 2.73. The van der Waals surface area contributed by atoms with Gasteiger partial charge in [0.1, 0.15) is 0 Å². The zero-order chi connectivity index (χ0) is 13.0. The predicted molar refractivity (Wildman–Crippen MR) is 72.5 cm³/mol. The molecule has 1 saturated heterocycles. The van der Waals surface area contributed by atoms with Crippen molar-refractivity contribution in [3.63, 3.8) is 0 Å². The van der Waals surface area contributed by atoms with Crippen LogP contribution in [0.2, 0.25) is 0 Å². The molecular formula is C14H25N3O. The summed E-state index contributed by atoms with van der Waals surface area (Å²) in [5, 5.41) is 14.7. The maximum Gasteiger partial charge on any atom is 0.0768 e. The smallest absolute Gasteiger partial charge is 0.0768 e. The Labute approximate surface area is 110 Å². The summed E-state index contributed by atoms with van der Waals surface area (Å²) in [7, 11) is 0. The van der Waals surface area contributed by atoms with Crippen LogP contribution in [0.5, 0.6) is 0 Å². The third-order valence-corrected chi connectivity index (χ3v) is 4.29. The quantitative estimate of drug-likeness (QED) is 0.871. The van der Waals surface area contributed by atoms with Crippen LogP contribution in [0.4, 0.5) is 0 Å². The molecule has 1 aliphatic heterocycles. The molecule has 2 heterocycles. The van der Waals surface area contributed by atoms with Crippen molar-refractivity contribution in [1.29, 1.82) is 0 Å². The lowest BCUT2D eigenvalue weighted by molar-refractivity contribution is -0.0113. The first-order valence-corrected chi connectivity index (χ1v) is 7.10. The van der Waals surface area contributed by atoms with Gasteiger partial charge in [0, 0.05) is 32.0 Å². The lowest BCUT2D eigenvalue weighted by Gasteiger charge is -2.37. The van der Waals surface area contributed by atoms with E-state index in [1.807, 2.05) is 12.3 Å². The fraction of sp³-hybridized carbons (Fsp3) is 0.786. The number of nitrogens with zero attached hydrogens (tertiary/aromatic N) is 3. The van der Waals surface area contributed by atoms with E-state index in [9.17, 15) is 5.11 Å². The summed E-state index contributed by atoms with van der Waals surface area (Å²) >= 11 is 0. The second kappa shape index (κ2) is 5.85. The van der Waals surface area contributed by atoms with Crippen molar-refractivity contribution in [2.45, 2.75) is 51.2 Å². The number of piperidine rings is 1. The van der Waals surface area contributed by atoms with Gasteiger partial charge in [-0.3, -0.25) is 4.68 Å². The minimum Gasteiger partial charge on any atom is -0.389 e. The lowest BCUT2D eigenvalue weighted by atomic mass is 9.95. The summed E-state index contributed by atoms with van der Waals surface area (Å²) in [6.45, 7) is 7.07. The van der Waals surface area contributed by atoms with Crippen LogP contribution in [0.15, 0.2) is 18.5 Å². The van der Waals surface area contributed by atoms with Crippen LogP contribution in [0.1, 0.15) is 45.6 Å². The van der Waals surface area contributed by atoms with Gasteiger partial charge in [0.05, 0.1) is 11.6 Å². The zero-order valence-corrected chi connectivity index (χ0v) is 11.5. The van der Waals surface area contributed by atoms with Gasteiger partial charge in [0.15, 0.2) is 0 Å². The first-order chi connectivity index (χ1) is 8.67. The van der Waals surface area contributed by atoms with Crippen molar-refractivity contribution in [2.24, 2.45) is 0 Å². The van der Waals surface area contributed by atoms with Crippen molar-refractivity contribution in [3.05, 3.63) is 18.5 Å². The van der Waals surface area contributed by atoms with E-state index in [4.69, 9.17) is 0 Å². The maximum atomic E-state index is 10.4. The Hall–Kier alpha value is -0.870. The molecular weight excluding hydrogens is 226 g/mol. The van der Waals surface area contributed by atoms with Gasteiger partial charge in [-0.1, -0.05) is 13.8 Å². The molecule has 0 amide bonds. The predicted octanol–water partition coefficient (Wildman–Crippen LogP) is 2.07. The maximum absolute atomic E-state index is 10.4. The Morgan fingerprint density at radius 1 is 1.28 bits per heavy atom. The van der Waals surface area contributed by atoms with E-state index in [1.54, 1.807) is 0 Å². The molecule has 4 heteroatoms. The van der Waals surface area contributed by atoms with E-state index in [1.165, 1.54) is 0 Å². The highest BCUT2D eigenvalue weighted by molar-refractivity contribution is 4.86. The molecule has 102 valence electrons. The SMILES string of the molecule is CCC(O)(CC)CN1CCC(n2cccn2)CC1. The summed E-state index contributed by atoms with van der Waals surface area (Å²) in [4.78, 5) is 2.40. The van der Waals surface area contributed by atoms with Crippen LogP contribution in [-0.2, 0) is 0 Å². The van der Waals surface area contributed by atoms with E-state index in [0.29, 0.717) is 6.04 Å². The van der Waals surface area contributed by atoms with Gasteiger partial charge in [0.25, 0.3) is 0 Å². The van der Waals surface area contributed by atoms with Crippen molar-refractivity contribution < 1.29 is 5.11 Å². The third-order valence-electron chi connectivity index (χ3n) is 4.29. The molecule has 18 heavy (non-hydrogen) atoms. The topological polar surface area (TPSA) is 41.3 Å². The molecule has 0 unspecified atom stereocenters. The fourth-order valence-electron chi connectivity index (χ4n) is 2.73. The van der Waals surface area contributed by atoms with Crippen molar-refractivity contribution in [3.8, 4) is 0 Å². The average Bonchev–Trinajstić information content (AvgIpc) is 2.93. The normalized spacial score (nSPS) is 19.3. The van der Waals surface area contributed by atoms with E-state index in [0.717, 1.165) is 45.3 Å². The summed E-state index contributed by atoms with van der Waals surface area (Å²) in [6.07, 6.45) is 7.83. The zero-order valence-electron chi connectivity index (χ0n) is 11.5. The second-order valence-electron chi connectivity index (χ2n) is 5.42. The summed E-state index contributed by atoms with van der Waals surface area (Å²) in [5.41, 5.74) is -0.501. The van der Waals surface area contributed by atoms with Crippen LogP contribution < -0.4 is 0 Å². The number of β-amino-alcohol motifs (C(OH)–C–C–N with tert-alkyl or cyclic N) is 1. The van der Waals surface area contributed by atoms with Crippen LogP contribution in [0, 0.1) is 0 Å². The van der Waals surface area contributed by atoms with Crippen molar-refractivity contribution in [2.75, 3.05) is 19.6 Å². The van der Waals surface area contributed by atoms with Gasteiger partial charge in [0.2, 0.25) is 0 Å². The second-order valence-corrected chi connectivity index (χ2v) is 5.42. The van der Waals surface area contributed by atoms with Gasteiger partial charge in [-0.05, 0) is 31.7 Å². The van der Waals surface area contributed by atoms with E-state index < -0.39 is 5.60 Å². The summed E-state index contributed by atoms with van der Waals surface area (Å²) in [5.74, 6) is 0. The summed E-state index contributed by atoms with van der Waals surface area (Å²) in [6, 6.07) is 2.52. The van der Waals surface area contributed by atoms with Crippen LogP contribution >= 0.6 is 0 Å². The van der Waals surface area contributed by atoms with Gasteiger partial charge >= 0.3 is 0 Å². The number of aromatic nitrogens is 2. The molecule has 1 aromatic rings. The molecule has 1 aromatic heterocycles. The van der Waals surface area contributed by atoms with Crippen LogP contribution in [-0.4, -0.2) is 45.0 Å². The van der Waals surface area contributed by atoms with Gasteiger partial charge in [-0.2, -0.15) is 5.10 Å². The molecule has 0 saturated carbocycles. The Morgan fingerprint density at radius 2 is 1.94 bits per heavy atom. The molecule has 0 aromatic carbocycles. The molecule has 0 atom stereocenters. The number of rotatable bonds is 5. The highest BCUT2D eigenvalue weighted by Crippen LogP contribution is 2.24. The Balaban J connectivity index is 1.83. The largest absolute Gasteiger partial charge is 0.389 e. The number of hydrogen-bond donors (Lipinski definition) is 1. The Kier molecular flexibility index (Phi) is 4.40. The number of aliphatic hydroxyl groups is 1. The van der Waals surface area contributed by atoms with Crippen molar-refractivity contribution in [1.82, 2.24) is 14.7 Å². The third kappa shape index (κ3) is 3.12. The van der Waals surface area contributed by atoms with Crippen molar-refractivity contribution >= 4 is 0 Å². The van der Waals surface area contributed by atoms with Gasteiger partial charge < -0.3 is 10.0 Å². The van der Waals surface area contributed by atoms with Crippen LogP contribution in [0.3, 0.4) is 0 Å². The molecule has 4 nitrogen and oxygen atoms in total. The molecule has 1 N–H and O–H groups in total. The first kappa shape index (κ1) is 13.6. The lowest BCUT2D eigenvalue weighted by Crippen LogP contribution is -2.45. The van der Waals surface area contributed by atoms with E-state index in [2.05, 4.69) is 34.7 Å². The van der Waals surface area contributed by atoms with Gasteiger partial charge in [-0.15, -0.1) is 0 Å².